The number of thioether (sulfide) groups is 1. The molecule has 0 aliphatic carbocycles. The lowest BCUT2D eigenvalue weighted by Crippen LogP contribution is -2.17. The van der Waals surface area contributed by atoms with Crippen LogP contribution in [0.2, 0.25) is 5.02 Å². The molecule has 9 nitrogen and oxygen atoms in total. The molecular weight excluding hydrogens is 591 g/mol. The van der Waals surface area contributed by atoms with Crippen molar-refractivity contribution >= 4 is 40.7 Å². The highest BCUT2D eigenvalue weighted by atomic mass is 35.5. The molecule has 5 rings (SSSR count). The van der Waals surface area contributed by atoms with E-state index in [1.807, 2.05) is 6.07 Å². The molecule has 1 aromatic carbocycles. The molecule has 4 aromatic rings. The summed E-state index contributed by atoms with van der Waals surface area (Å²) >= 11 is 8.98. The number of carboxylic acids is 1. The van der Waals surface area contributed by atoms with E-state index in [2.05, 4.69) is 20.2 Å². The molecule has 3 aromatic heterocycles. The van der Waals surface area contributed by atoms with Crippen molar-refractivity contribution in [2.24, 2.45) is 0 Å². The highest BCUT2D eigenvalue weighted by Gasteiger charge is 2.44. The van der Waals surface area contributed by atoms with Gasteiger partial charge in [-0.2, -0.15) is 13.2 Å². The number of pyridine rings is 1. The Morgan fingerprint density at radius 3 is 2.65 bits per heavy atom. The van der Waals surface area contributed by atoms with Crippen LogP contribution in [0.15, 0.2) is 36.7 Å². The first-order chi connectivity index (χ1) is 19.1. The Kier molecular flexibility index (Phi) is 7.93. The number of benzene rings is 1. The number of rotatable bonds is 8. The molecule has 1 aliphatic rings. The number of ether oxygens (including phenoxy) is 2. The van der Waals surface area contributed by atoms with Crippen molar-refractivity contribution in [3.63, 3.8) is 0 Å². The van der Waals surface area contributed by atoms with E-state index in [4.69, 9.17) is 26.2 Å². The van der Waals surface area contributed by atoms with Crippen LogP contribution in [-0.4, -0.2) is 50.0 Å². The number of hydrogen-bond acceptors (Lipinski definition) is 9. The highest BCUT2D eigenvalue weighted by molar-refractivity contribution is 8.00. The molecule has 0 saturated heterocycles. The standard InChI is InChI=1S/C25H21ClF3N5O4S2/c1-37-16-5-3-4-14(20(16)38-2)21-15-8-12(26)10-31-22(15)34-23(32-33-24(34)25(27,28)29)17(40-21)9-18-30-11-13(39-18)6-7-19(35)36/h3-5,8,10-11,17,21H,6-7,9H2,1-2H3,(H,35,36). The summed E-state index contributed by atoms with van der Waals surface area (Å²) in [7, 11) is 2.99. The normalized spacial score (nSPS) is 16.6. The van der Waals surface area contributed by atoms with Gasteiger partial charge >= 0.3 is 12.1 Å². The minimum atomic E-state index is -4.81. The monoisotopic (exact) mass is 611 g/mol. The molecule has 1 aliphatic heterocycles. The number of carboxylic acid groups (broad SMARTS) is 1. The van der Waals surface area contributed by atoms with Crippen LogP contribution in [-0.2, 0) is 23.8 Å². The molecule has 2 unspecified atom stereocenters. The van der Waals surface area contributed by atoms with Gasteiger partial charge in [0.25, 0.3) is 0 Å². The minimum Gasteiger partial charge on any atom is -0.493 e. The van der Waals surface area contributed by atoms with E-state index in [1.165, 1.54) is 43.5 Å². The Morgan fingerprint density at radius 2 is 1.95 bits per heavy atom. The molecule has 2 atom stereocenters. The first kappa shape index (κ1) is 28.2. The lowest BCUT2D eigenvalue weighted by atomic mass is 10.0. The Morgan fingerprint density at radius 1 is 1.15 bits per heavy atom. The maximum absolute atomic E-state index is 14.2. The van der Waals surface area contributed by atoms with E-state index >= 15 is 0 Å². The van der Waals surface area contributed by atoms with E-state index in [-0.39, 0.29) is 29.5 Å². The topological polar surface area (TPSA) is 112 Å². The second-order valence-electron chi connectivity index (χ2n) is 8.69. The fourth-order valence-corrected chi connectivity index (χ4v) is 7.22. The summed E-state index contributed by atoms with van der Waals surface area (Å²) < 4.78 is 54.6. The van der Waals surface area contributed by atoms with Gasteiger partial charge in [0.2, 0.25) is 5.82 Å². The average Bonchev–Trinajstić information content (AvgIpc) is 3.54. The largest absolute Gasteiger partial charge is 0.493 e. The quantitative estimate of drug-likeness (QED) is 0.258. The van der Waals surface area contributed by atoms with Crippen molar-refractivity contribution in [1.29, 1.82) is 0 Å². The number of nitrogens with zero attached hydrogens (tertiary/aromatic N) is 5. The second-order valence-corrected chi connectivity index (χ2v) is 11.6. The summed E-state index contributed by atoms with van der Waals surface area (Å²) in [4.78, 5) is 20.5. The van der Waals surface area contributed by atoms with Gasteiger partial charge in [-0.05, 0) is 18.6 Å². The molecule has 0 saturated carbocycles. The summed E-state index contributed by atoms with van der Waals surface area (Å²) in [5.74, 6) is -1.20. The van der Waals surface area contributed by atoms with E-state index in [9.17, 15) is 18.0 Å². The zero-order valence-electron chi connectivity index (χ0n) is 21.0. The van der Waals surface area contributed by atoms with Crippen LogP contribution in [0.25, 0.3) is 5.82 Å². The SMILES string of the molecule is COc1cccc(C2SC(Cc3ncc(CCC(=O)O)s3)c3nnc(C(F)(F)F)n3-c3ncc(Cl)cc32)c1OC. The van der Waals surface area contributed by atoms with E-state index in [1.54, 1.807) is 24.4 Å². The first-order valence-electron chi connectivity index (χ1n) is 11.8. The zero-order chi connectivity index (χ0) is 28.6. The summed E-state index contributed by atoms with van der Waals surface area (Å²) in [5, 5.41) is 16.1. The number of aliphatic carboxylic acids is 1. The van der Waals surface area contributed by atoms with Gasteiger partial charge in [0.1, 0.15) is 5.82 Å². The van der Waals surface area contributed by atoms with Crippen LogP contribution in [0, 0.1) is 0 Å². The smallest absolute Gasteiger partial charge is 0.452 e. The predicted octanol–water partition coefficient (Wildman–Crippen LogP) is 5.95. The molecule has 4 heterocycles. The zero-order valence-corrected chi connectivity index (χ0v) is 23.4. The second kappa shape index (κ2) is 11.3. The van der Waals surface area contributed by atoms with E-state index in [0.717, 1.165) is 9.44 Å². The van der Waals surface area contributed by atoms with E-state index in [0.29, 0.717) is 34.1 Å². The van der Waals surface area contributed by atoms with Gasteiger partial charge < -0.3 is 14.6 Å². The van der Waals surface area contributed by atoms with Crippen molar-refractivity contribution in [1.82, 2.24) is 24.7 Å². The lowest BCUT2D eigenvalue weighted by molar-refractivity contribution is -0.146. The number of methoxy groups -OCH3 is 2. The molecule has 0 fully saturated rings. The van der Waals surface area contributed by atoms with Gasteiger partial charge in [-0.1, -0.05) is 23.7 Å². The summed E-state index contributed by atoms with van der Waals surface area (Å²) in [6, 6.07) is 6.89. The first-order valence-corrected chi connectivity index (χ1v) is 13.9. The Hall–Kier alpha value is -3.36. The molecule has 15 heteroatoms. The number of para-hydroxylation sites is 1. The highest BCUT2D eigenvalue weighted by Crippen LogP contribution is 2.54. The van der Waals surface area contributed by atoms with Crippen LogP contribution < -0.4 is 9.47 Å². The summed E-state index contributed by atoms with van der Waals surface area (Å²) in [6.45, 7) is 0. The number of alkyl halides is 3. The molecule has 0 radical (unpaired) electrons. The maximum atomic E-state index is 14.2. The average molecular weight is 612 g/mol. The summed E-state index contributed by atoms with van der Waals surface area (Å²) in [5.41, 5.74) is 1.06. The molecule has 0 amide bonds. The van der Waals surface area contributed by atoms with E-state index < -0.39 is 28.5 Å². The van der Waals surface area contributed by atoms with Crippen molar-refractivity contribution in [2.45, 2.75) is 35.9 Å². The Bertz CT molecular complexity index is 1560. The molecule has 0 spiro atoms. The molecule has 0 bridgehead atoms. The van der Waals surface area contributed by atoms with Crippen LogP contribution in [0.4, 0.5) is 13.2 Å². The number of thiazole rings is 1. The molecule has 1 N–H and O–H groups in total. The predicted molar refractivity (Wildman–Crippen MR) is 143 cm³/mol. The number of aryl methyl sites for hydroxylation is 1. The minimum absolute atomic E-state index is 0.00267. The van der Waals surface area contributed by atoms with Crippen molar-refractivity contribution in [2.75, 3.05) is 14.2 Å². The van der Waals surface area contributed by atoms with Gasteiger partial charge in [-0.25, -0.2) is 9.97 Å². The number of fused-ring (bicyclic) bond motifs is 3. The Labute approximate surface area is 239 Å². The van der Waals surface area contributed by atoms with Crippen LogP contribution >= 0.6 is 34.7 Å². The van der Waals surface area contributed by atoms with Gasteiger partial charge in [0.15, 0.2) is 17.3 Å². The van der Waals surface area contributed by atoms with Crippen molar-refractivity contribution in [3.8, 4) is 17.3 Å². The third kappa shape index (κ3) is 5.47. The number of halogens is 4. The Balaban J connectivity index is 1.68. The van der Waals surface area contributed by atoms with Crippen LogP contribution in [0.3, 0.4) is 0 Å². The molecular formula is C25H21ClF3N5O4S2. The van der Waals surface area contributed by atoms with Crippen molar-refractivity contribution in [3.05, 3.63) is 74.3 Å². The van der Waals surface area contributed by atoms with Crippen molar-refractivity contribution < 1.29 is 32.5 Å². The molecule has 210 valence electrons. The maximum Gasteiger partial charge on any atom is 0.452 e. The van der Waals surface area contributed by atoms with Crippen LogP contribution in [0.5, 0.6) is 11.5 Å². The van der Waals surface area contributed by atoms with Gasteiger partial charge in [-0.15, -0.1) is 33.3 Å². The van der Waals surface area contributed by atoms with Gasteiger partial charge in [0.05, 0.1) is 41.2 Å². The fraction of sp³-hybridized carbons (Fsp3) is 0.320. The molecule has 40 heavy (non-hydrogen) atoms. The number of carbonyl (C=O) groups is 1. The summed E-state index contributed by atoms with van der Waals surface area (Å²) in [6.07, 6.45) is -1.47. The van der Waals surface area contributed by atoms with Gasteiger partial charge in [0, 0.05) is 34.8 Å². The lowest BCUT2D eigenvalue weighted by Gasteiger charge is -2.23. The van der Waals surface area contributed by atoms with Gasteiger partial charge in [-0.3, -0.25) is 9.36 Å². The third-order valence-corrected chi connectivity index (χ3v) is 8.92. The van der Waals surface area contributed by atoms with Crippen LogP contribution in [0.1, 0.15) is 49.6 Å². The third-order valence-electron chi connectivity index (χ3n) is 6.15. The number of hydrogen-bond donors (Lipinski definition) is 1. The fourth-order valence-electron chi connectivity index (χ4n) is 4.47. The number of aromatic nitrogens is 5.